The van der Waals surface area contributed by atoms with Gasteiger partial charge in [-0.1, -0.05) is 104 Å². The van der Waals surface area contributed by atoms with Crippen LogP contribution in [-0.2, 0) is 9.47 Å². The monoisotopic (exact) mass is 560 g/mol. The average Bonchev–Trinajstić information content (AvgIpc) is 2.98. The second-order valence-electron chi connectivity index (χ2n) is 10.9. The predicted molar refractivity (Wildman–Crippen MR) is 167 cm³/mol. The highest BCUT2D eigenvalue weighted by atomic mass is 16.5. The normalized spacial score (nSPS) is 11.3. The fourth-order valence-electron chi connectivity index (χ4n) is 4.99. The van der Waals surface area contributed by atoms with Gasteiger partial charge in [-0.05, 0) is 64.0 Å². The summed E-state index contributed by atoms with van der Waals surface area (Å²) in [6, 6.07) is 6.81. The van der Waals surface area contributed by atoms with E-state index >= 15 is 0 Å². The Bertz CT molecular complexity index is 707. The number of hydrogen-bond acceptors (Lipinski definition) is 6. The van der Waals surface area contributed by atoms with Gasteiger partial charge >= 0.3 is 11.9 Å². The second kappa shape index (κ2) is 24.8. The number of hydrogen-bond donors (Lipinski definition) is 0. The van der Waals surface area contributed by atoms with Crippen LogP contribution in [0.4, 0.5) is 0 Å². The van der Waals surface area contributed by atoms with Gasteiger partial charge in [-0.25, -0.2) is 9.59 Å². The summed E-state index contributed by atoms with van der Waals surface area (Å²) in [5.74, 6) is -0.912. The minimum atomic E-state index is -0.456. The van der Waals surface area contributed by atoms with Crippen molar-refractivity contribution in [1.82, 2.24) is 9.80 Å². The highest BCUT2D eigenvalue weighted by Gasteiger charge is 2.19. The van der Waals surface area contributed by atoms with Crippen LogP contribution in [-0.4, -0.2) is 74.2 Å². The van der Waals surface area contributed by atoms with E-state index in [1.54, 1.807) is 24.3 Å². The Morgan fingerprint density at radius 1 is 0.525 bits per heavy atom. The molecule has 0 fully saturated rings. The Labute approximate surface area is 246 Å². The molecule has 0 bridgehead atoms. The number of nitrogens with zero attached hydrogens (tertiary/aromatic N) is 2. The molecule has 230 valence electrons. The highest BCUT2D eigenvalue weighted by molar-refractivity contribution is 6.03. The van der Waals surface area contributed by atoms with Crippen LogP contribution >= 0.6 is 0 Å². The number of benzene rings is 1. The Kier molecular flexibility index (Phi) is 22.4. The first-order chi connectivity index (χ1) is 19.6. The van der Waals surface area contributed by atoms with Crippen LogP contribution < -0.4 is 0 Å². The summed E-state index contributed by atoms with van der Waals surface area (Å²) in [5, 5.41) is 0. The highest BCUT2D eigenvalue weighted by Crippen LogP contribution is 2.13. The lowest BCUT2D eigenvalue weighted by Crippen LogP contribution is -2.27. The van der Waals surface area contributed by atoms with E-state index in [0.717, 1.165) is 52.1 Å². The smallest absolute Gasteiger partial charge is 0.339 e. The molecule has 0 saturated heterocycles. The first kappa shape index (κ1) is 36.1. The molecule has 1 aromatic rings. The van der Waals surface area contributed by atoms with Gasteiger partial charge < -0.3 is 19.3 Å². The summed E-state index contributed by atoms with van der Waals surface area (Å²) in [6.45, 7) is 15.6. The van der Waals surface area contributed by atoms with E-state index in [1.165, 1.54) is 77.0 Å². The van der Waals surface area contributed by atoms with Crippen LogP contribution in [0.3, 0.4) is 0 Å². The minimum absolute atomic E-state index is 0.283. The van der Waals surface area contributed by atoms with Crippen LogP contribution in [0.5, 0.6) is 0 Å². The summed E-state index contributed by atoms with van der Waals surface area (Å²) in [6.07, 6.45) is 17.1. The maximum absolute atomic E-state index is 12.8. The molecule has 0 N–H and O–H groups in total. The molecule has 40 heavy (non-hydrogen) atoms. The SMILES string of the molecule is CCCCCCCCN(CC)CCCOC(=O)c1ccccc1C(=O)OCCCN(CC)CCCCCCCC. The zero-order chi connectivity index (χ0) is 29.3. The van der Waals surface area contributed by atoms with E-state index in [1.807, 2.05) is 0 Å². The van der Waals surface area contributed by atoms with Crippen molar-refractivity contribution < 1.29 is 19.1 Å². The molecule has 0 aliphatic rings. The molecule has 0 saturated carbocycles. The Morgan fingerprint density at radius 3 is 1.25 bits per heavy atom. The molecule has 0 radical (unpaired) electrons. The van der Waals surface area contributed by atoms with Crippen LogP contribution in [0, 0.1) is 0 Å². The number of ether oxygens (including phenoxy) is 2. The number of carbonyl (C=O) groups is 2. The number of rotatable bonds is 26. The average molecular weight is 561 g/mol. The molecular formula is C34H60N2O4. The lowest BCUT2D eigenvalue weighted by molar-refractivity contribution is 0.0441. The lowest BCUT2D eigenvalue weighted by atomic mass is 10.1. The molecular weight excluding hydrogens is 500 g/mol. The first-order valence-electron chi connectivity index (χ1n) is 16.4. The molecule has 0 aliphatic heterocycles. The zero-order valence-electron chi connectivity index (χ0n) is 26.4. The first-order valence-corrected chi connectivity index (χ1v) is 16.4. The van der Waals surface area contributed by atoms with Crippen molar-refractivity contribution in [2.24, 2.45) is 0 Å². The van der Waals surface area contributed by atoms with E-state index in [-0.39, 0.29) is 11.1 Å². The van der Waals surface area contributed by atoms with Gasteiger partial charge in [0, 0.05) is 13.1 Å². The zero-order valence-corrected chi connectivity index (χ0v) is 26.4. The van der Waals surface area contributed by atoms with Gasteiger partial charge in [0.2, 0.25) is 0 Å². The van der Waals surface area contributed by atoms with Crippen LogP contribution in [0.1, 0.15) is 138 Å². The summed E-state index contributed by atoms with van der Waals surface area (Å²) in [5.41, 5.74) is 0.565. The molecule has 0 atom stereocenters. The summed E-state index contributed by atoms with van der Waals surface area (Å²) >= 11 is 0. The van der Waals surface area contributed by atoms with Crippen molar-refractivity contribution in [1.29, 1.82) is 0 Å². The number of carbonyl (C=O) groups excluding carboxylic acids is 2. The maximum atomic E-state index is 12.8. The molecule has 1 rings (SSSR count). The molecule has 6 nitrogen and oxygen atoms in total. The standard InChI is InChI=1S/C34H60N2O4/c1-5-9-11-13-15-19-25-35(7-3)27-21-29-39-33(37)31-23-17-18-24-32(31)34(38)40-30-22-28-36(8-4)26-20-16-14-12-10-6-2/h17-18,23-24H,5-16,19-22,25-30H2,1-4H3. The van der Waals surface area contributed by atoms with Crippen LogP contribution in [0.2, 0.25) is 0 Å². The predicted octanol–water partition coefficient (Wildman–Crippen LogP) is 8.15. The molecule has 0 spiro atoms. The molecule has 0 aliphatic carbocycles. The van der Waals surface area contributed by atoms with Crippen molar-refractivity contribution in [2.45, 2.75) is 118 Å². The fourth-order valence-corrected chi connectivity index (χ4v) is 4.99. The molecule has 0 unspecified atom stereocenters. The number of esters is 2. The van der Waals surface area contributed by atoms with E-state index in [2.05, 4.69) is 37.5 Å². The Morgan fingerprint density at radius 2 is 0.875 bits per heavy atom. The number of unbranched alkanes of at least 4 members (excludes halogenated alkanes) is 10. The van der Waals surface area contributed by atoms with E-state index in [0.29, 0.717) is 13.2 Å². The van der Waals surface area contributed by atoms with Crippen LogP contribution in [0.25, 0.3) is 0 Å². The van der Waals surface area contributed by atoms with E-state index in [4.69, 9.17) is 9.47 Å². The Hall–Kier alpha value is -1.92. The summed E-state index contributed by atoms with van der Waals surface area (Å²) in [7, 11) is 0. The third kappa shape index (κ3) is 17.0. The minimum Gasteiger partial charge on any atom is -0.462 e. The van der Waals surface area contributed by atoms with Crippen molar-refractivity contribution in [3.8, 4) is 0 Å². The van der Waals surface area contributed by atoms with Gasteiger partial charge in [-0.15, -0.1) is 0 Å². The third-order valence-corrected chi connectivity index (χ3v) is 7.62. The van der Waals surface area contributed by atoms with Crippen molar-refractivity contribution in [2.75, 3.05) is 52.5 Å². The Balaban J connectivity index is 2.34. The topological polar surface area (TPSA) is 59.1 Å². The molecule has 6 heteroatoms. The van der Waals surface area contributed by atoms with Gasteiger partial charge in [0.25, 0.3) is 0 Å². The molecule has 0 heterocycles. The molecule has 1 aromatic carbocycles. The second-order valence-corrected chi connectivity index (χ2v) is 10.9. The van der Waals surface area contributed by atoms with E-state index in [9.17, 15) is 9.59 Å². The largest absolute Gasteiger partial charge is 0.462 e. The quantitative estimate of drug-likeness (QED) is 0.0842. The molecule has 0 amide bonds. The molecule has 0 aromatic heterocycles. The van der Waals surface area contributed by atoms with Crippen molar-refractivity contribution in [3.05, 3.63) is 35.4 Å². The fraction of sp³-hybridized carbons (Fsp3) is 0.765. The summed E-state index contributed by atoms with van der Waals surface area (Å²) in [4.78, 5) is 30.4. The van der Waals surface area contributed by atoms with Gasteiger partial charge in [0.15, 0.2) is 0 Å². The summed E-state index contributed by atoms with van der Waals surface area (Å²) < 4.78 is 11.1. The van der Waals surface area contributed by atoms with Crippen molar-refractivity contribution >= 4 is 11.9 Å². The van der Waals surface area contributed by atoms with Gasteiger partial charge in [-0.2, -0.15) is 0 Å². The lowest BCUT2D eigenvalue weighted by Gasteiger charge is -2.20. The van der Waals surface area contributed by atoms with Crippen molar-refractivity contribution in [3.63, 3.8) is 0 Å². The maximum Gasteiger partial charge on any atom is 0.339 e. The van der Waals surface area contributed by atoms with Gasteiger partial charge in [0.1, 0.15) is 0 Å². The van der Waals surface area contributed by atoms with Crippen LogP contribution in [0.15, 0.2) is 24.3 Å². The van der Waals surface area contributed by atoms with Gasteiger partial charge in [-0.3, -0.25) is 0 Å². The third-order valence-electron chi connectivity index (χ3n) is 7.62. The van der Waals surface area contributed by atoms with Gasteiger partial charge in [0.05, 0.1) is 24.3 Å². The van der Waals surface area contributed by atoms with E-state index < -0.39 is 11.9 Å².